The van der Waals surface area contributed by atoms with E-state index >= 15 is 0 Å². The summed E-state index contributed by atoms with van der Waals surface area (Å²) in [5, 5.41) is 11.0. The molecule has 1 N–H and O–H groups in total. The highest BCUT2D eigenvalue weighted by molar-refractivity contribution is 7.98. The molecule has 2 nitrogen and oxygen atoms in total. The Morgan fingerprint density at radius 1 is 1.04 bits per heavy atom. The molecule has 0 spiro atoms. The lowest BCUT2D eigenvalue weighted by atomic mass is 9.94. The average Bonchev–Trinajstić information content (AvgIpc) is 2.57. The van der Waals surface area contributed by atoms with E-state index in [9.17, 15) is 9.41 Å². The number of halogens is 1. The van der Waals surface area contributed by atoms with Crippen LogP contribution in [0.15, 0.2) is 53.4 Å². The molecular weight excluding hydrogens is 310 g/mol. The van der Waals surface area contributed by atoms with Crippen molar-refractivity contribution in [3.8, 4) is 16.9 Å². The normalized spacial score (nSPS) is 10.8. The number of fused-ring (bicyclic) bond motifs is 1. The first-order chi connectivity index (χ1) is 11.2. The van der Waals surface area contributed by atoms with Gasteiger partial charge in [-0.15, -0.1) is 11.8 Å². The van der Waals surface area contributed by atoms with Gasteiger partial charge in [-0.1, -0.05) is 42.5 Å². The topological polar surface area (TPSA) is 29.5 Å². The van der Waals surface area contributed by atoms with E-state index in [0.29, 0.717) is 11.3 Å². The molecule has 0 heterocycles. The zero-order valence-electron chi connectivity index (χ0n) is 13.0. The molecule has 0 amide bonds. The molecule has 0 bridgehead atoms. The number of hydrogen-bond donors (Lipinski definition) is 1. The summed E-state index contributed by atoms with van der Waals surface area (Å²) in [6, 6.07) is 14.5. The van der Waals surface area contributed by atoms with Crippen molar-refractivity contribution >= 4 is 30.2 Å². The molecular formula is C18H16BFO2S. The largest absolute Gasteiger partial charge is 0.538 e. The Morgan fingerprint density at radius 3 is 2.35 bits per heavy atom. The van der Waals surface area contributed by atoms with Crippen molar-refractivity contribution in [1.82, 2.24) is 0 Å². The second-order valence-electron chi connectivity index (χ2n) is 5.16. The molecule has 0 saturated carbocycles. The van der Waals surface area contributed by atoms with Gasteiger partial charge in [0.15, 0.2) is 0 Å². The van der Waals surface area contributed by atoms with E-state index in [1.807, 2.05) is 43.5 Å². The Kier molecular flexibility index (Phi) is 4.60. The van der Waals surface area contributed by atoms with Crippen LogP contribution < -0.4 is 4.65 Å². The van der Waals surface area contributed by atoms with Crippen LogP contribution in [0.1, 0.15) is 5.56 Å². The summed E-state index contributed by atoms with van der Waals surface area (Å²) in [6.07, 6.45) is 1.96. The van der Waals surface area contributed by atoms with Crippen LogP contribution in [0.5, 0.6) is 5.75 Å². The van der Waals surface area contributed by atoms with E-state index in [1.165, 1.54) is 6.07 Å². The fourth-order valence-electron chi connectivity index (χ4n) is 2.95. The van der Waals surface area contributed by atoms with Crippen molar-refractivity contribution in [3.63, 3.8) is 0 Å². The SMILES string of the molecule is CSc1c(C)c(OBO)c2ccccc2c1-c1ccccc1F. The highest BCUT2D eigenvalue weighted by Crippen LogP contribution is 2.45. The summed E-state index contributed by atoms with van der Waals surface area (Å²) >= 11 is 1.55. The Morgan fingerprint density at radius 2 is 1.70 bits per heavy atom. The minimum atomic E-state index is -0.391. The summed E-state index contributed by atoms with van der Waals surface area (Å²) in [5.41, 5.74) is 2.35. The molecule has 3 aromatic carbocycles. The minimum Gasteiger partial charge on any atom is -0.538 e. The molecule has 0 unspecified atom stereocenters. The Hall–Kier alpha value is -1.98. The van der Waals surface area contributed by atoms with Gasteiger partial charge >= 0.3 is 7.69 Å². The van der Waals surface area contributed by atoms with Crippen LogP contribution in [0.3, 0.4) is 0 Å². The molecule has 3 rings (SSSR count). The van der Waals surface area contributed by atoms with Gasteiger partial charge in [0.05, 0.1) is 0 Å². The second kappa shape index (κ2) is 6.65. The smallest absolute Gasteiger partial charge is 0.504 e. The van der Waals surface area contributed by atoms with Crippen molar-refractivity contribution in [2.24, 2.45) is 0 Å². The summed E-state index contributed by atoms with van der Waals surface area (Å²) in [5.74, 6) is 0.399. The number of hydrogen-bond acceptors (Lipinski definition) is 3. The summed E-state index contributed by atoms with van der Waals surface area (Å²) in [7, 11) is -0.391. The van der Waals surface area contributed by atoms with Gasteiger partial charge in [0.1, 0.15) is 11.6 Å². The van der Waals surface area contributed by atoms with Crippen LogP contribution in [0.2, 0.25) is 0 Å². The lowest BCUT2D eigenvalue weighted by Gasteiger charge is -2.20. The summed E-state index contributed by atoms with van der Waals surface area (Å²) in [4.78, 5) is 0.956. The lowest BCUT2D eigenvalue weighted by molar-refractivity contribution is 0.454. The fraction of sp³-hybridized carbons (Fsp3) is 0.111. The highest BCUT2D eigenvalue weighted by atomic mass is 32.2. The van der Waals surface area contributed by atoms with Gasteiger partial charge in [0.25, 0.3) is 0 Å². The predicted molar refractivity (Wildman–Crippen MR) is 95.9 cm³/mol. The zero-order chi connectivity index (χ0) is 16.4. The number of benzene rings is 3. The molecule has 0 aliphatic carbocycles. The molecule has 5 heteroatoms. The van der Waals surface area contributed by atoms with E-state index in [1.54, 1.807) is 23.9 Å². The van der Waals surface area contributed by atoms with Crippen molar-refractivity contribution < 1.29 is 14.1 Å². The molecule has 0 radical (unpaired) electrons. The maximum absolute atomic E-state index is 14.4. The predicted octanol–water partition coefficient (Wildman–Crippen LogP) is 4.31. The van der Waals surface area contributed by atoms with Gasteiger partial charge < -0.3 is 9.68 Å². The molecule has 0 atom stereocenters. The molecule has 0 aliphatic heterocycles. The third kappa shape index (κ3) is 2.71. The number of rotatable bonds is 4. The molecule has 3 aromatic rings. The van der Waals surface area contributed by atoms with E-state index in [4.69, 9.17) is 4.65 Å². The monoisotopic (exact) mass is 326 g/mol. The molecule has 0 fully saturated rings. The van der Waals surface area contributed by atoms with Crippen LogP contribution in [-0.4, -0.2) is 19.0 Å². The molecule has 23 heavy (non-hydrogen) atoms. The maximum atomic E-state index is 14.4. The highest BCUT2D eigenvalue weighted by Gasteiger charge is 2.20. The first-order valence-electron chi connectivity index (χ1n) is 7.27. The van der Waals surface area contributed by atoms with Crippen molar-refractivity contribution in [2.45, 2.75) is 11.8 Å². The molecule has 0 aromatic heterocycles. The number of thioether (sulfide) groups is 1. The van der Waals surface area contributed by atoms with E-state index in [2.05, 4.69) is 0 Å². The van der Waals surface area contributed by atoms with Crippen molar-refractivity contribution in [1.29, 1.82) is 0 Å². The third-order valence-corrected chi connectivity index (χ3v) is 4.82. The average molecular weight is 326 g/mol. The van der Waals surface area contributed by atoms with Gasteiger partial charge in [-0.25, -0.2) is 4.39 Å². The van der Waals surface area contributed by atoms with Crippen LogP contribution in [-0.2, 0) is 0 Å². The van der Waals surface area contributed by atoms with Crippen LogP contribution >= 0.6 is 11.8 Å². The minimum absolute atomic E-state index is 0.247. The first-order valence-corrected chi connectivity index (χ1v) is 8.49. The van der Waals surface area contributed by atoms with Gasteiger partial charge in [-0.05, 0) is 24.6 Å². The standard InChI is InChI=1S/C18H16BFO2S/c1-11-17(22-19-21)13-8-4-3-7-12(13)16(18(11)23-2)14-9-5-6-10-15(14)20/h3-10,19,21H,1-2H3. The van der Waals surface area contributed by atoms with Crippen LogP contribution in [0.4, 0.5) is 4.39 Å². The van der Waals surface area contributed by atoms with Crippen LogP contribution in [0, 0.1) is 12.7 Å². The van der Waals surface area contributed by atoms with Crippen LogP contribution in [0.25, 0.3) is 21.9 Å². The lowest BCUT2D eigenvalue weighted by Crippen LogP contribution is -2.04. The van der Waals surface area contributed by atoms with Gasteiger partial charge in [-0.2, -0.15) is 0 Å². The maximum Gasteiger partial charge on any atom is 0.504 e. The Bertz CT molecular complexity index is 867. The molecule has 116 valence electrons. The van der Waals surface area contributed by atoms with E-state index in [0.717, 1.165) is 26.8 Å². The first kappa shape index (κ1) is 15.9. The van der Waals surface area contributed by atoms with Crippen molar-refractivity contribution in [2.75, 3.05) is 6.26 Å². The molecule has 0 saturated heterocycles. The van der Waals surface area contributed by atoms with Gasteiger partial charge in [0, 0.05) is 27.0 Å². The summed E-state index contributed by atoms with van der Waals surface area (Å²) in [6.45, 7) is 1.94. The zero-order valence-corrected chi connectivity index (χ0v) is 13.8. The Labute approximate surface area is 139 Å². The van der Waals surface area contributed by atoms with Gasteiger partial charge in [-0.3, -0.25) is 0 Å². The third-order valence-electron chi connectivity index (χ3n) is 3.91. The second-order valence-corrected chi connectivity index (χ2v) is 5.98. The molecule has 0 aliphatic rings. The Balaban J connectivity index is 2.47. The van der Waals surface area contributed by atoms with Crippen molar-refractivity contribution in [3.05, 3.63) is 59.9 Å². The van der Waals surface area contributed by atoms with E-state index in [-0.39, 0.29) is 5.82 Å². The quantitative estimate of drug-likeness (QED) is 0.572. The fourth-order valence-corrected chi connectivity index (χ4v) is 3.77. The van der Waals surface area contributed by atoms with E-state index < -0.39 is 7.69 Å². The van der Waals surface area contributed by atoms with Gasteiger partial charge in [0.2, 0.25) is 0 Å². The summed E-state index contributed by atoms with van der Waals surface area (Å²) < 4.78 is 19.9.